The van der Waals surface area contributed by atoms with Crippen LogP contribution in [0.1, 0.15) is 66.1 Å². The first-order valence-electron chi connectivity index (χ1n) is 9.67. The largest absolute Gasteiger partial charge is 0.348 e. The Kier molecular flexibility index (Phi) is 6.22. The minimum atomic E-state index is -0.198. The maximum absolute atomic E-state index is 13.0. The molecule has 0 saturated heterocycles. The van der Waals surface area contributed by atoms with Crippen molar-refractivity contribution in [1.29, 1.82) is 0 Å². The second-order valence-electron chi connectivity index (χ2n) is 7.38. The number of carbonyl (C=O) groups is 2. The van der Waals surface area contributed by atoms with Crippen LogP contribution in [0.15, 0.2) is 48.5 Å². The van der Waals surface area contributed by atoms with Crippen molar-refractivity contribution in [1.82, 2.24) is 15.2 Å². The number of aromatic nitrogens is 1. The van der Waals surface area contributed by atoms with E-state index in [4.69, 9.17) is 0 Å². The van der Waals surface area contributed by atoms with Gasteiger partial charge in [0.05, 0.1) is 0 Å². The van der Waals surface area contributed by atoms with E-state index >= 15 is 0 Å². The number of hydrogen-bond acceptors (Lipinski definition) is 3. The van der Waals surface area contributed by atoms with Crippen LogP contribution in [0, 0.1) is 0 Å². The molecular formula is C22H27N3O2. The van der Waals surface area contributed by atoms with Crippen LogP contribution in [-0.4, -0.2) is 33.8 Å². The molecule has 1 aromatic carbocycles. The van der Waals surface area contributed by atoms with Crippen molar-refractivity contribution in [3.63, 3.8) is 0 Å². The molecule has 2 aromatic rings. The molecule has 1 aliphatic rings. The fourth-order valence-corrected chi connectivity index (χ4v) is 3.43. The molecule has 142 valence electrons. The second-order valence-corrected chi connectivity index (χ2v) is 7.38. The van der Waals surface area contributed by atoms with Gasteiger partial charge in [0.1, 0.15) is 11.4 Å². The summed E-state index contributed by atoms with van der Waals surface area (Å²) in [5, 5.41) is 3.03. The average Bonchev–Trinajstić information content (AvgIpc) is 3.19. The molecule has 0 atom stereocenters. The van der Waals surface area contributed by atoms with E-state index in [9.17, 15) is 9.59 Å². The van der Waals surface area contributed by atoms with Gasteiger partial charge in [-0.15, -0.1) is 0 Å². The summed E-state index contributed by atoms with van der Waals surface area (Å²) in [7, 11) is 0. The number of pyridine rings is 1. The van der Waals surface area contributed by atoms with E-state index in [1.165, 1.54) is 0 Å². The van der Waals surface area contributed by atoms with Gasteiger partial charge in [0.25, 0.3) is 11.8 Å². The van der Waals surface area contributed by atoms with Crippen LogP contribution in [0.5, 0.6) is 0 Å². The Bertz CT molecular complexity index is 783. The van der Waals surface area contributed by atoms with E-state index in [2.05, 4.69) is 10.3 Å². The van der Waals surface area contributed by atoms with Gasteiger partial charge in [-0.05, 0) is 44.4 Å². The summed E-state index contributed by atoms with van der Waals surface area (Å²) in [4.78, 5) is 31.6. The number of carbonyl (C=O) groups excluding carboxylic acids is 2. The third-order valence-corrected chi connectivity index (χ3v) is 4.97. The Morgan fingerprint density at radius 3 is 2.37 bits per heavy atom. The van der Waals surface area contributed by atoms with Crippen molar-refractivity contribution in [2.45, 2.75) is 58.2 Å². The van der Waals surface area contributed by atoms with E-state index < -0.39 is 0 Å². The first-order chi connectivity index (χ1) is 13.0. The lowest BCUT2D eigenvalue weighted by Crippen LogP contribution is -2.37. The highest BCUT2D eigenvalue weighted by atomic mass is 16.2. The normalized spacial score (nSPS) is 14.3. The van der Waals surface area contributed by atoms with E-state index in [0.717, 1.165) is 31.2 Å². The average molecular weight is 365 g/mol. The third kappa shape index (κ3) is 4.94. The van der Waals surface area contributed by atoms with Crippen molar-refractivity contribution in [2.24, 2.45) is 0 Å². The fourth-order valence-electron chi connectivity index (χ4n) is 3.43. The molecule has 1 aliphatic carbocycles. The van der Waals surface area contributed by atoms with Crippen molar-refractivity contribution in [3.8, 4) is 0 Å². The molecule has 2 amide bonds. The summed E-state index contributed by atoms with van der Waals surface area (Å²) in [6, 6.07) is 15.2. The maximum Gasteiger partial charge on any atom is 0.273 e. The van der Waals surface area contributed by atoms with E-state index in [-0.39, 0.29) is 23.9 Å². The first kappa shape index (κ1) is 19.1. The molecule has 5 heteroatoms. The van der Waals surface area contributed by atoms with E-state index in [0.29, 0.717) is 17.9 Å². The lowest BCUT2D eigenvalue weighted by molar-refractivity contribution is 0.0684. The van der Waals surface area contributed by atoms with Gasteiger partial charge in [0, 0.05) is 18.6 Å². The molecule has 27 heavy (non-hydrogen) atoms. The van der Waals surface area contributed by atoms with Crippen LogP contribution in [0.4, 0.5) is 0 Å². The van der Waals surface area contributed by atoms with Crippen LogP contribution < -0.4 is 5.32 Å². The highest BCUT2D eigenvalue weighted by molar-refractivity contribution is 5.96. The van der Waals surface area contributed by atoms with E-state index in [1.807, 2.05) is 44.2 Å². The van der Waals surface area contributed by atoms with Crippen LogP contribution in [0.3, 0.4) is 0 Å². The highest BCUT2D eigenvalue weighted by Gasteiger charge is 2.23. The second kappa shape index (κ2) is 8.80. The molecule has 5 nitrogen and oxygen atoms in total. The number of amides is 2. The van der Waals surface area contributed by atoms with Crippen molar-refractivity contribution in [2.75, 3.05) is 0 Å². The number of nitrogens with one attached hydrogen (secondary N) is 1. The number of benzene rings is 1. The van der Waals surface area contributed by atoms with Gasteiger partial charge in [-0.2, -0.15) is 0 Å². The zero-order valence-electron chi connectivity index (χ0n) is 16.0. The van der Waals surface area contributed by atoms with Crippen molar-refractivity contribution >= 4 is 11.8 Å². The highest BCUT2D eigenvalue weighted by Crippen LogP contribution is 2.18. The fraction of sp³-hybridized carbons (Fsp3) is 0.409. The van der Waals surface area contributed by atoms with Gasteiger partial charge >= 0.3 is 0 Å². The van der Waals surface area contributed by atoms with Crippen LogP contribution >= 0.6 is 0 Å². The number of hydrogen-bond donors (Lipinski definition) is 1. The predicted molar refractivity (Wildman–Crippen MR) is 105 cm³/mol. The quantitative estimate of drug-likeness (QED) is 0.847. The van der Waals surface area contributed by atoms with Gasteiger partial charge in [0.2, 0.25) is 0 Å². The Hall–Kier alpha value is -2.69. The van der Waals surface area contributed by atoms with Crippen LogP contribution in [-0.2, 0) is 6.54 Å². The zero-order chi connectivity index (χ0) is 19.2. The standard InChI is InChI=1S/C22H27N3O2/c1-16(2)25(15-17-9-4-3-5-10-17)22(27)20-14-8-13-19(24-20)21(26)23-18-11-6-7-12-18/h3-5,8-10,13-14,16,18H,6-7,11-12,15H2,1-2H3,(H,23,26). The minimum absolute atomic E-state index is 0.0236. The number of nitrogens with zero attached hydrogens (tertiary/aromatic N) is 2. The SMILES string of the molecule is CC(C)N(Cc1ccccc1)C(=O)c1cccc(C(=O)NC2CCCC2)n1. The predicted octanol–water partition coefficient (Wildman–Crippen LogP) is 3.80. The molecule has 1 fully saturated rings. The topological polar surface area (TPSA) is 62.3 Å². The Morgan fingerprint density at radius 2 is 1.70 bits per heavy atom. The number of rotatable bonds is 6. The van der Waals surface area contributed by atoms with Gasteiger partial charge in [-0.1, -0.05) is 49.2 Å². The van der Waals surface area contributed by atoms with Crippen LogP contribution in [0.2, 0.25) is 0 Å². The van der Waals surface area contributed by atoms with E-state index in [1.54, 1.807) is 23.1 Å². The molecule has 0 aliphatic heterocycles. The Labute approximate surface area is 160 Å². The van der Waals surface area contributed by atoms with Gasteiger partial charge in [-0.3, -0.25) is 9.59 Å². The molecule has 1 heterocycles. The molecule has 1 aromatic heterocycles. The lowest BCUT2D eigenvalue weighted by Gasteiger charge is -2.26. The lowest BCUT2D eigenvalue weighted by atomic mass is 10.1. The van der Waals surface area contributed by atoms with Crippen LogP contribution in [0.25, 0.3) is 0 Å². The van der Waals surface area contributed by atoms with Crippen molar-refractivity contribution < 1.29 is 9.59 Å². The Balaban J connectivity index is 1.75. The van der Waals surface area contributed by atoms with Gasteiger partial charge in [0.15, 0.2) is 0 Å². The van der Waals surface area contributed by atoms with Gasteiger partial charge < -0.3 is 10.2 Å². The summed E-state index contributed by atoms with van der Waals surface area (Å²) in [6.07, 6.45) is 4.34. The molecule has 1 N–H and O–H groups in total. The van der Waals surface area contributed by atoms with Gasteiger partial charge in [-0.25, -0.2) is 4.98 Å². The summed E-state index contributed by atoms with van der Waals surface area (Å²) in [6.45, 7) is 4.48. The molecule has 0 spiro atoms. The summed E-state index contributed by atoms with van der Waals surface area (Å²) >= 11 is 0. The Morgan fingerprint density at radius 1 is 1.04 bits per heavy atom. The molecular weight excluding hydrogens is 338 g/mol. The maximum atomic E-state index is 13.0. The first-order valence-corrected chi connectivity index (χ1v) is 9.67. The molecule has 3 rings (SSSR count). The molecule has 1 saturated carbocycles. The summed E-state index contributed by atoms with van der Waals surface area (Å²) in [5.41, 5.74) is 1.67. The molecule has 0 bridgehead atoms. The minimum Gasteiger partial charge on any atom is -0.348 e. The summed E-state index contributed by atoms with van der Waals surface area (Å²) in [5.74, 6) is -0.361. The summed E-state index contributed by atoms with van der Waals surface area (Å²) < 4.78 is 0. The monoisotopic (exact) mass is 365 g/mol. The third-order valence-electron chi connectivity index (χ3n) is 4.97. The van der Waals surface area contributed by atoms with Crippen molar-refractivity contribution in [3.05, 3.63) is 65.5 Å². The molecule has 0 unspecified atom stereocenters. The smallest absolute Gasteiger partial charge is 0.273 e. The zero-order valence-corrected chi connectivity index (χ0v) is 16.0. The molecule has 0 radical (unpaired) electrons.